The Labute approximate surface area is 199 Å². The first-order valence-electron chi connectivity index (χ1n) is 10.9. The second kappa shape index (κ2) is 14.0. The van der Waals surface area contributed by atoms with Gasteiger partial charge in [0.25, 0.3) is 0 Å². The van der Waals surface area contributed by atoms with Crippen molar-refractivity contribution >= 4 is 28.0 Å². The van der Waals surface area contributed by atoms with E-state index in [0.717, 1.165) is 17.4 Å². The summed E-state index contributed by atoms with van der Waals surface area (Å²) in [6.45, 7) is 0.135. The van der Waals surface area contributed by atoms with Crippen LogP contribution < -0.4 is 10.0 Å². The van der Waals surface area contributed by atoms with Gasteiger partial charge in [-0.1, -0.05) is 73.5 Å². The normalized spacial score (nSPS) is 11.8. The molecule has 9 nitrogen and oxygen atoms in total. The van der Waals surface area contributed by atoms with Gasteiger partial charge in [0.1, 0.15) is 19.3 Å². The van der Waals surface area contributed by atoms with E-state index >= 15 is 0 Å². The highest BCUT2D eigenvalue weighted by Crippen LogP contribution is 2.10. The van der Waals surface area contributed by atoms with Crippen molar-refractivity contribution in [1.82, 2.24) is 10.0 Å². The molecule has 2 rings (SSSR count). The fourth-order valence-electron chi connectivity index (χ4n) is 3.05. The predicted octanol–water partition coefficient (Wildman–Crippen LogP) is 3.05. The van der Waals surface area contributed by atoms with E-state index in [-0.39, 0.29) is 26.1 Å². The molecule has 0 saturated carbocycles. The fraction of sp³-hybridized carbons (Fsp3) is 0.375. The number of hydrogen-bond acceptors (Lipinski definition) is 7. The van der Waals surface area contributed by atoms with Crippen LogP contribution in [0.15, 0.2) is 60.7 Å². The van der Waals surface area contributed by atoms with Crippen molar-refractivity contribution in [2.75, 3.05) is 6.26 Å². The molecule has 0 aromatic heterocycles. The number of alkyl carbamates (subject to hydrolysis) is 1. The van der Waals surface area contributed by atoms with E-state index in [2.05, 4.69) is 5.32 Å². The molecule has 0 saturated heterocycles. The molecule has 0 spiro atoms. The zero-order valence-electron chi connectivity index (χ0n) is 19.1. The predicted molar refractivity (Wildman–Crippen MR) is 126 cm³/mol. The number of carbonyl (C=O) groups excluding carboxylic acids is 3. The van der Waals surface area contributed by atoms with Crippen LogP contribution in [-0.2, 0) is 42.3 Å². The highest BCUT2D eigenvalue weighted by Gasteiger charge is 2.23. The summed E-state index contributed by atoms with van der Waals surface area (Å²) in [5, 5.41) is 2.56. The molecule has 2 amide bonds. The Kier molecular flexibility index (Phi) is 11.0. The summed E-state index contributed by atoms with van der Waals surface area (Å²) < 4.78 is 34.6. The van der Waals surface area contributed by atoms with Crippen molar-refractivity contribution in [2.24, 2.45) is 0 Å². The maximum absolute atomic E-state index is 12.6. The van der Waals surface area contributed by atoms with Gasteiger partial charge >= 0.3 is 12.1 Å². The van der Waals surface area contributed by atoms with Gasteiger partial charge in [-0.25, -0.2) is 18.0 Å². The van der Waals surface area contributed by atoms with E-state index in [0.29, 0.717) is 19.3 Å². The van der Waals surface area contributed by atoms with E-state index in [1.165, 1.54) is 0 Å². The average Bonchev–Trinajstić information content (AvgIpc) is 2.80. The van der Waals surface area contributed by atoms with Crippen molar-refractivity contribution in [3.63, 3.8) is 0 Å². The maximum atomic E-state index is 12.6. The van der Waals surface area contributed by atoms with Crippen molar-refractivity contribution in [1.29, 1.82) is 0 Å². The second-order valence-corrected chi connectivity index (χ2v) is 9.50. The number of ether oxygens (including phenoxy) is 2. The van der Waals surface area contributed by atoms with E-state index < -0.39 is 34.0 Å². The lowest BCUT2D eigenvalue weighted by atomic mass is 10.1. The Morgan fingerprint density at radius 2 is 1.38 bits per heavy atom. The Morgan fingerprint density at radius 3 is 1.94 bits per heavy atom. The molecule has 34 heavy (non-hydrogen) atoms. The minimum atomic E-state index is -3.58. The van der Waals surface area contributed by atoms with Crippen molar-refractivity contribution in [3.8, 4) is 0 Å². The zero-order chi connectivity index (χ0) is 24.8. The van der Waals surface area contributed by atoms with E-state index in [1.807, 2.05) is 65.4 Å². The Bertz CT molecular complexity index is 1030. The lowest BCUT2D eigenvalue weighted by Crippen LogP contribution is -2.42. The third-order valence-corrected chi connectivity index (χ3v) is 5.31. The molecule has 10 heteroatoms. The topological polar surface area (TPSA) is 128 Å². The molecule has 2 aromatic rings. The van der Waals surface area contributed by atoms with Gasteiger partial charge in [-0.2, -0.15) is 0 Å². The molecular weight excluding hydrogens is 460 g/mol. The molecule has 0 aliphatic heterocycles. The third-order valence-electron chi connectivity index (χ3n) is 4.71. The van der Waals surface area contributed by atoms with Crippen molar-refractivity contribution < 1.29 is 32.3 Å². The summed E-state index contributed by atoms with van der Waals surface area (Å²) in [4.78, 5) is 36.5. The summed E-state index contributed by atoms with van der Waals surface area (Å²) in [6, 6.07) is 17.4. The molecule has 0 radical (unpaired) electrons. The number of rotatable bonds is 13. The van der Waals surface area contributed by atoms with E-state index in [1.54, 1.807) is 0 Å². The van der Waals surface area contributed by atoms with E-state index in [4.69, 9.17) is 9.47 Å². The summed E-state index contributed by atoms with van der Waals surface area (Å²) in [6.07, 6.45) is 2.00. The minimum absolute atomic E-state index is 0.0444. The third kappa shape index (κ3) is 11.5. The summed E-state index contributed by atoms with van der Waals surface area (Å²) >= 11 is 0. The average molecular weight is 491 g/mol. The number of amides is 2. The highest BCUT2D eigenvalue weighted by molar-refractivity contribution is 7.89. The zero-order valence-corrected chi connectivity index (χ0v) is 19.9. The number of hydrogen-bond donors (Lipinski definition) is 2. The van der Waals surface area contributed by atoms with Gasteiger partial charge in [0.2, 0.25) is 15.9 Å². The molecule has 0 bridgehead atoms. The number of benzene rings is 2. The number of esters is 1. The largest absolute Gasteiger partial charge is 0.459 e. The van der Waals surface area contributed by atoms with Crippen LogP contribution in [0.3, 0.4) is 0 Å². The van der Waals surface area contributed by atoms with Gasteiger partial charge in [-0.3, -0.25) is 9.52 Å². The van der Waals surface area contributed by atoms with Gasteiger partial charge in [-0.05, 0) is 24.0 Å². The molecule has 0 aliphatic carbocycles. The minimum Gasteiger partial charge on any atom is -0.459 e. The first kappa shape index (κ1) is 26.8. The van der Waals surface area contributed by atoms with Crippen LogP contribution in [0.2, 0.25) is 0 Å². The fourth-order valence-corrected chi connectivity index (χ4v) is 3.57. The molecule has 2 N–H and O–H groups in total. The molecule has 2 aromatic carbocycles. The van der Waals surface area contributed by atoms with Crippen molar-refractivity contribution in [2.45, 2.75) is 51.4 Å². The van der Waals surface area contributed by atoms with Gasteiger partial charge in [0.05, 0.1) is 6.26 Å². The van der Waals surface area contributed by atoms with Crippen LogP contribution in [0, 0.1) is 0 Å². The number of sulfonamides is 1. The second-order valence-electron chi connectivity index (χ2n) is 7.75. The lowest BCUT2D eigenvalue weighted by molar-refractivity contribution is -0.147. The Balaban J connectivity index is 1.84. The molecular formula is C24H30N2O7S. The molecule has 0 fully saturated rings. The first-order valence-corrected chi connectivity index (χ1v) is 12.8. The summed E-state index contributed by atoms with van der Waals surface area (Å²) in [7, 11) is -3.58. The number of nitrogens with one attached hydrogen (secondary N) is 2. The SMILES string of the molecule is CS(=O)(=O)NC(=O)CCCCCC(NC(=O)OCc1ccccc1)C(=O)OCc1ccccc1. The molecule has 184 valence electrons. The molecule has 0 aliphatic rings. The summed E-state index contributed by atoms with van der Waals surface area (Å²) in [5.41, 5.74) is 1.63. The molecule has 0 heterocycles. The first-order chi connectivity index (χ1) is 16.2. The number of unbranched alkanes of at least 4 members (excludes halogenated alkanes) is 2. The quantitative estimate of drug-likeness (QED) is 0.326. The smallest absolute Gasteiger partial charge is 0.408 e. The molecule has 1 atom stereocenters. The van der Waals surface area contributed by atoms with Crippen LogP contribution in [0.5, 0.6) is 0 Å². The Hall–Kier alpha value is -3.40. The van der Waals surface area contributed by atoms with Crippen LogP contribution in [0.4, 0.5) is 4.79 Å². The summed E-state index contributed by atoms with van der Waals surface area (Å²) in [5.74, 6) is -1.17. The molecule has 1 unspecified atom stereocenters. The highest BCUT2D eigenvalue weighted by atomic mass is 32.2. The van der Waals surface area contributed by atoms with Gasteiger partial charge < -0.3 is 14.8 Å². The standard InChI is InChI=1S/C24H30N2O7S/c1-34(30,31)26-22(27)16-10-4-9-15-21(23(28)32-17-19-11-5-2-6-12-19)25-24(29)33-18-20-13-7-3-8-14-20/h2-3,5-8,11-14,21H,4,9-10,15-18H2,1H3,(H,25,29)(H,26,27). The Morgan fingerprint density at radius 1 is 0.824 bits per heavy atom. The van der Waals surface area contributed by atoms with Crippen molar-refractivity contribution in [3.05, 3.63) is 71.8 Å². The van der Waals surface area contributed by atoms with E-state index in [9.17, 15) is 22.8 Å². The maximum Gasteiger partial charge on any atom is 0.408 e. The van der Waals surface area contributed by atoms with Crippen LogP contribution in [0.1, 0.15) is 43.2 Å². The lowest BCUT2D eigenvalue weighted by Gasteiger charge is -2.18. The van der Waals surface area contributed by atoms with Gasteiger partial charge in [0.15, 0.2) is 0 Å². The van der Waals surface area contributed by atoms with Crippen LogP contribution in [-0.4, -0.2) is 38.7 Å². The van der Waals surface area contributed by atoms with Gasteiger partial charge in [0, 0.05) is 6.42 Å². The van der Waals surface area contributed by atoms with Crippen LogP contribution >= 0.6 is 0 Å². The van der Waals surface area contributed by atoms with Gasteiger partial charge in [-0.15, -0.1) is 0 Å². The number of carbonyl (C=O) groups is 3. The van der Waals surface area contributed by atoms with Crippen LogP contribution in [0.25, 0.3) is 0 Å². The monoisotopic (exact) mass is 490 g/mol.